The lowest BCUT2D eigenvalue weighted by Gasteiger charge is -2.21. The van der Waals surface area contributed by atoms with E-state index < -0.39 is 0 Å². The molecule has 0 aliphatic rings. The van der Waals surface area contributed by atoms with E-state index in [1.54, 1.807) is 41.6 Å². The van der Waals surface area contributed by atoms with Crippen LogP contribution in [0.4, 0.5) is 5.82 Å². The Morgan fingerprint density at radius 1 is 1.33 bits per heavy atom. The summed E-state index contributed by atoms with van der Waals surface area (Å²) < 4.78 is 0. The second-order valence-electron chi connectivity index (χ2n) is 4.44. The van der Waals surface area contributed by atoms with Crippen LogP contribution in [0.3, 0.4) is 0 Å². The molecule has 0 unspecified atom stereocenters. The molecule has 2 N–H and O–H groups in total. The first-order valence-electron chi connectivity index (χ1n) is 6.48. The van der Waals surface area contributed by atoms with Crippen LogP contribution in [0.2, 0.25) is 0 Å². The molecule has 0 saturated heterocycles. The maximum Gasteiger partial charge on any atom is 0.272 e. The molecule has 0 saturated carbocycles. The molecule has 0 bridgehead atoms. The Labute approximate surface area is 122 Å². The Bertz CT molecular complexity index is 651. The predicted octanol–water partition coefficient (Wildman–Crippen LogP) is 1.61. The van der Waals surface area contributed by atoms with Gasteiger partial charge in [0.25, 0.3) is 5.91 Å². The first-order valence-corrected chi connectivity index (χ1v) is 6.48. The lowest BCUT2D eigenvalue weighted by molar-refractivity contribution is 0.0741. The van der Waals surface area contributed by atoms with Crippen LogP contribution in [0.5, 0.6) is 0 Å². The van der Waals surface area contributed by atoms with Crippen molar-refractivity contribution in [1.29, 1.82) is 5.26 Å². The average molecular weight is 281 g/mol. The van der Waals surface area contributed by atoms with Crippen molar-refractivity contribution in [3.05, 3.63) is 54.0 Å². The summed E-state index contributed by atoms with van der Waals surface area (Å²) in [5.74, 6) is 0.0452. The van der Waals surface area contributed by atoms with Gasteiger partial charge >= 0.3 is 0 Å². The van der Waals surface area contributed by atoms with Gasteiger partial charge in [-0.25, -0.2) is 4.98 Å². The Morgan fingerprint density at radius 2 is 2.19 bits per heavy atom. The van der Waals surface area contributed by atoms with E-state index in [0.29, 0.717) is 18.9 Å². The number of hydrogen-bond acceptors (Lipinski definition) is 5. The standard InChI is InChI=1S/C15H15N5O/c16-7-3-9-20(11-12-4-2-8-18-10-12)15(21)13-5-1-6-14(17)19-13/h1-2,4-6,8,10H,3,9,11H2,(H2,17,19). The largest absolute Gasteiger partial charge is 0.384 e. The van der Waals surface area contributed by atoms with Gasteiger partial charge in [-0.1, -0.05) is 12.1 Å². The van der Waals surface area contributed by atoms with Crippen LogP contribution in [0.25, 0.3) is 0 Å². The molecule has 2 aromatic rings. The number of carbonyl (C=O) groups is 1. The third kappa shape index (κ3) is 4.01. The number of carbonyl (C=O) groups excluding carboxylic acids is 1. The number of hydrogen-bond donors (Lipinski definition) is 1. The molecule has 2 rings (SSSR count). The highest BCUT2D eigenvalue weighted by molar-refractivity contribution is 5.92. The highest BCUT2D eigenvalue weighted by Crippen LogP contribution is 2.10. The van der Waals surface area contributed by atoms with Crippen molar-refractivity contribution in [1.82, 2.24) is 14.9 Å². The van der Waals surface area contributed by atoms with Gasteiger partial charge in [-0.2, -0.15) is 5.26 Å². The molecule has 0 aromatic carbocycles. The Balaban J connectivity index is 2.19. The Kier molecular flexibility index (Phi) is 4.83. The van der Waals surface area contributed by atoms with Gasteiger partial charge in [-0.05, 0) is 23.8 Å². The summed E-state index contributed by atoms with van der Waals surface area (Å²) in [5.41, 5.74) is 6.78. The number of nitriles is 1. The predicted molar refractivity (Wildman–Crippen MR) is 77.9 cm³/mol. The van der Waals surface area contributed by atoms with Gasteiger partial charge in [0.1, 0.15) is 11.5 Å². The third-order valence-corrected chi connectivity index (χ3v) is 2.87. The maximum absolute atomic E-state index is 12.5. The lowest BCUT2D eigenvalue weighted by atomic mass is 10.2. The van der Waals surface area contributed by atoms with Gasteiger partial charge in [0, 0.05) is 25.5 Å². The number of nitrogen functional groups attached to an aromatic ring is 1. The molecule has 0 spiro atoms. The molecule has 6 heteroatoms. The van der Waals surface area contributed by atoms with E-state index in [2.05, 4.69) is 9.97 Å². The molecular formula is C15H15N5O. The highest BCUT2D eigenvalue weighted by atomic mass is 16.2. The molecule has 6 nitrogen and oxygen atoms in total. The fourth-order valence-electron chi connectivity index (χ4n) is 1.88. The summed E-state index contributed by atoms with van der Waals surface area (Å²) in [6.45, 7) is 0.714. The minimum atomic E-state index is -0.249. The van der Waals surface area contributed by atoms with Crippen LogP contribution in [-0.4, -0.2) is 27.3 Å². The van der Waals surface area contributed by atoms with E-state index in [1.807, 2.05) is 12.1 Å². The van der Waals surface area contributed by atoms with E-state index >= 15 is 0 Å². The normalized spacial score (nSPS) is 9.86. The molecule has 2 aromatic heterocycles. The van der Waals surface area contributed by atoms with Gasteiger partial charge in [0.2, 0.25) is 0 Å². The summed E-state index contributed by atoms with van der Waals surface area (Å²) in [5, 5.41) is 8.74. The first kappa shape index (κ1) is 14.5. The van der Waals surface area contributed by atoms with Crippen molar-refractivity contribution < 1.29 is 4.79 Å². The maximum atomic E-state index is 12.5. The molecule has 106 valence electrons. The van der Waals surface area contributed by atoms with Crippen LogP contribution >= 0.6 is 0 Å². The molecule has 0 radical (unpaired) electrons. The summed E-state index contributed by atoms with van der Waals surface area (Å²) in [4.78, 5) is 22.1. The topological polar surface area (TPSA) is 95.9 Å². The van der Waals surface area contributed by atoms with Gasteiger partial charge in [-0.15, -0.1) is 0 Å². The number of pyridine rings is 2. The van der Waals surface area contributed by atoms with Crippen LogP contribution in [0, 0.1) is 11.3 Å². The minimum absolute atomic E-state index is 0.249. The summed E-state index contributed by atoms with van der Waals surface area (Å²) in [7, 11) is 0. The van der Waals surface area contributed by atoms with E-state index in [9.17, 15) is 4.79 Å². The molecule has 0 fully saturated rings. The number of nitrogens with zero attached hydrogens (tertiary/aromatic N) is 4. The van der Waals surface area contributed by atoms with Crippen molar-refractivity contribution in [2.75, 3.05) is 12.3 Å². The van der Waals surface area contributed by atoms with Crippen LogP contribution in [0.15, 0.2) is 42.7 Å². The number of anilines is 1. The second kappa shape index (κ2) is 7.01. The van der Waals surface area contributed by atoms with Crippen LogP contribution < -0.4 is 5.73 Å². The fourth-order valence-corrected chi connectivity index (χ4v) is 1.88. The Morgan fingerprint density at radius 3 is 2.86 bits per heavy atom. The van der Waals surface area contributed by atoms with E-state index in [-0.39, 0.29) is 18.0 Å². The average Bonchev–Trinajstić information content (AvgIpc) is 2.51. The lowest BCUT2D eigenvalue weighted by Crippen LogP contribution is -2.32. The summed E-state index contributed by atoms with van der Waals surface area (Å²) >= 11 is 0. The molecule has 2 heterocycles. The van der Waals surface area contributed by atoms with Crippen LogP contribution in [-0.2, 0) is 6.54 Å². The van der Waals surface area contributed by atoms with Gasteiger partial charge < -0.3 is 10.6 Å². The highest BCUT2D eigenvalue weighted by Gasteiger charge is 2.17. The SMILES string of the molecule is N#CCCN(Cc1cccnc1)C(=O)c1cccc(N)n1. The smallest absolute Gasteiger partial charge is 0.272 e. The van der Waals surface area contributed by atoms with Crippen molar-refractivity contribution in [2.24, 2.45) is 0 Å². The van der Waals surface area contributed by atoms with E-state index in [0.717, 1.165) is 5.56 Å². The Hall–Kier alpha value is -2.94. The number of nitrogens with two attached hydrogens (primary N) is 1. The van der Waals surface area contributed by atoms with E-state index in [4.69, 9.17) is 11.0 Å². The zero-order valence-corrected chi connectivity index (χ0v) is 11.4. The van der Waals surface area contributed by atoms with E-state index in [1.165, 1.54) is 0 Å². The third-order valence-electron chi connectivity index (χ3n) is 2.87. The van der Waals surface area contributed by atoms with Gasteiger partial charge in [0.15, 0.2) is 0 Å². The number of aromatic nitrogens is 2. The van der Waals surface area contributed by atoms with Crippen molar-refractivity contribution >= 4 is 11.7 Å². The monoisotopic (exact) mass is 281 g/mol. The summed E-state index contributed by atoms with van der Waals surface area (Å²) in [6.07, 6.45) is 3.62. The molecule has 0 atom stereocenters. The zero-order chi connectivity index (χ0) is 15.1. The minimum Gasteiger partial charge on any atom is -0.384 e. The zero-order valence-electron chi connectivity index (χ0n) is 11.4. The summed E-state index contributed by atoms with van der Waals surface area (Å²) in [6, 6.07) is 10.7. The number of amides is 1. The molecule has 0 aliphatic heterocycles. The second-order valence-corrected chi connectivity index (χ2v) is 4.44. The van der Waals surface area contributed by atoms with Gasteiger partial charge in [0.05, 0.1) is 12.5 Å². The molecule has 21 heavy (non-hydrogen) atoms. The van der Waals surface area contributed by atoms with Crippen molar-refractivity contribution in [3.63, 3.8) is 0 Å². The molecule has 0 aliphatic carbocycles. The fraction of sp³-hybridized carbons (Fsp3) is 0.200. The molecule has 1 amide bonds. The first-order chi connectivity index (χ1) is 10.2. The van der Waals surface area contributed by atoms with Crippen molar-refractivity contribution in [2.45, 2.75) is 13.0 Å². The van der Waals surface area contributed by atoms with Gasteiger partial charge in [-0.3, -0.25) is 9.78 Å². The number of rotatable bonds is 5. The van der Waals surface area contributed by atoms with Crippen molar-refractivity contribution in [3.8, 4) is 6.07 Å². The molecular weight excluding hydrogens is 266 g/mol. The van der Waals surface area contributed by atoms with Crippen LogP contribution in [0.1, 0.15) is 22.5 Å². The quantitative estimate of drug-likeness (QED) is 0.898.